The van der Waals surface area contributed by atoms with E-state index in [4.69, 9.17) is 4.74 Å². The maximum absolute atomic E-state index is 11.8. The van der Waals surface area contributed by atoms with Gasteiger partial charge in [-0.1, -0.05) is 24.6 Å². The summed E-state index contributed by atoms with van der Waals surface area (Å²) in [4.78, 5) is 18.1. The number of carboxylic acid groups (broad SMARTS) is 1. The number of nitrogens with zero attached hydrogens (tertiary/aromatic N) is 2. The average molecular weight is 326 g/mol. The SMILES string of the molecule is COc1cccc(C(c2cccnc2)N2CCCCC2C(=O)O)c1. The summed E-state index contributed by atoms with van der Waals surface area (Å²) in [5.74, 6) is 0.0109. The van der Waals surface area contributed by atoms with E-state index in [1.54, 1.807) is 13.3 Å². The molecule has 5 nitrogen and oxygen atoms in total. The molecule has 1 aliphatic heterocycles. The molecule has 0 aliphatic carbocycles. The largest absolute Gasteiger partial charge is 0.497 e. The van der Waals surface area contributed by atoms with E-state index in [-0.39, 0.29) is 6.04 Å². The summed E-state index contributed by atoms with van der Waals surface area (Å²) in [5, 5.41) is 9.67. The number of carboxylic acids is 1. The highest BCUT2D eigenvalue weighted by atomic mass is 16.5. The van der Waals surface area contributed by atoms with Crippen molar-refractivity contribution in [3.63, 3.8) is 0 Å². The molecule has 2 atom stereocenters. The van der Waals surface area contributed by atoms with Gasteiger partial charge in [0.25, 0.3) is 0 Å². The number of piperidine rings is 1. The molecule has 2 heterocycles. The van der Waals surface area contributed by atoms with Crippen LogP contribution in [-0.4, -0.2) is 40.7 Å². The number of hydrogen-bond donors (Lipinski definition) is 1. The zero-order valence-corrected chi connectivity index (χ0v) is 13.8. The lowest BCUT2D eigenvalue weighted by Crippen LogP contribution is -2.46. The molecule has 1 aliphatic rings. The van der Waals surface area contributed by atoms with Gasteiger partial charge in [0.05, 0.1) is 13.2 Å². The van der Waals surface area contributed by atoms with Gasteiger partial charge in [0.15, 0.2) is 0 Å². The van der Waals surface area contributed by atoms with Gasteiger partial charge < -0.3 is 9.84 Å². The smallest absolute Gasteiger partial charge is 0.320 e. The first kappa shape index (κ1) is 16.5. The van der Waals surface area contributed by atoms with Crippen LogP contribution in [0.1, 0.15) is 36.4 Å². The normalized spacial score (nSPS) is 19.6. The third-order valence-corrected chi connectivity index (χ3v) is 4.57. The number of carbonyl (C=O) groups is 1. The number of aromatic nitrogens is 1. The van der Waals surface area contributed by atoms with Gasteiger partial charge in [-0.25, -0.2) is 0 Å². The zero-order chi connectivity index (χ0) is 16.9. The Kier molecular flexibility index (Phi) is 5.11. The lowest BCUT2D eigenvalue weighted by Gasteiger charge is -2.39. The number of likely N-dealkylation sites (tertiary alicyclic amines) is 1. The van der Waals surface area contributed by atoms with E-state index in [2.05, 4.69) is 9.88 Å². The highest BCUT2D eigenvalue weighted by Gasteiger charge is 2.35. The maximum Gasteiger partial charge on any atom is 0.320 e. The van der Waals surface area contributed by atoms with Crippen molar-refractivity contribution < 1.29 is 14.6 Å². The number of pyridine rings is 1. The molecule has 2 unspecified atom stereocenters. The fourth-order valence-corrected chi connectivity index (χ4v) is 3.45. The van der Waals surface area contributed by atoms with Gasteiger partial charge in [-0.2, -0.15) is 0 Å². The van der Waals surface area contributed by atoms with Gasteiger partial charge >= 0.3 is 5.97 Å². The van der Waals surface area contributed by atoms with Gasteiger partial charge in [-0.15, -0.1) is 0 Å². The standard InChI is InChI=1S/C19H22N2O3/c1-24-16-8-4-6-14(12-16)18(15-7-5-10-20-13-15)21-11-3-2-9-17(21)19(22)23/h4-8,10,12-13,17-18H,2-3,9,11H2,1H3,(H,22,23). The number of benzene rings is 1. The van der Waals surface area contributed by atoms with E-state index in [0.717, 1.165) is 36.3 Å². The van der Waals surface area contributed by atoms with E-state index in [1.807, 2.05) is 42.6 Å². The van der Waals surface area contributed by atoms with Crippen molar-refractivity contribution in [1.29, 1.82) is 0 Å². The molecule has 0 bridgehead atoms. The first-order valence-corrected chi connectivity index (χ1v) is 8.23. The molecule has 0 saturated carbocycles. The molecule has 2 aromatic rings. The molecular weight excluding hydrogens is 304 g/mol. The second-order valence-electron chi connectivity index (χ2n) is 6.05. The summed E-state index contributed by atoms with van der Waals surface area (Å²) in [7, 11) is 1.64. The average Bonchev–Trinajstić information content (AvgIpc) is 2.63. The molecular formula is C19H22N2O3. The monoisotopic (exact) mass is 326 g/mol. The van der Waals surface area contributed by atoms with Crippen LogP contribution in [0.2, 0.25) is 0 Å². The molecule has 1 aromatic carbocycles. The first-order chi connectivity index (χ1) is 11.7. The second-order valence-corrected chi connectivity index (χ2v) is 6.05. The van der Waals surface area contributed by atoms with Crippen molar-refractivity contribution in [3.8, 4) is 5.75 Å². The molecule has 0 radical (unpaired) electrons. The van der Waals surface area contributed by atoms with Gasteiger partial charge in [-0.05, 0) is 48.7 Å². The Hall–Kier alpha value is -2.40. The fourth-order valence-electron chi connectivity index (χ4n) is 3.45. The van der Waals surface area contributed by atoms with Crippen molar-refractivity contribution in [3.05, 3.63) is 59.9 Å². The summed E-state index contributed by atoms with van der Waals surface area (Å²) >= 11 is 0. The number of rotatable bonds is 5. The molecule has 0 amide bonds. The molecule has 0 spiro atoms. The summed E-state index contributed by atoms with van der Waals surface area (Å²) in [6.45, 7) is 0.758. The molecule has 1 N–H and O–H groups in total. The topological polar surface area (TPSA) is 62.7 Å². The van der Waals surface area contributed by atoms with Gasteiger partial charge in [0.2, 0.25) is 0 Å². The highest BCUT2D eigenvalue weighted by molar-refractivity contribution is 5.73. The van der Waals surface area contributed by atoms with E-state index in [1.165, 1.54) is 0 Å². The minimum Gasteiger partial charge on any atom is -0.497 e. The van der Waals surface area contributed by atoms with Crippen LogP contribution in [0.3, 0.4) is 0 Å². The molecule has 126 valence electrons. The number of hydrogen-bond acceptors (Lipinski definition) is 4. The Labute approximate surface area is 141 Å². The summed E-state index contributed by atoms with van der Waals surface area (Å²) in [6, 6.07) is 11.1. The summed E-state index contributed by atoms with van der Waals surface area (Å²) in [6.07, 6.45) is 6.18. The van der Waals surface area contributed by atoms with Gasteiger partial charge in [0, 0.05) is 12.4 Å². The zero-order valence-electron chi connectivity index (χ0n) is 13.8. The lowest BCUT2D eigenvalue weighted by atomic mass is 9.92. The second kappa shape index (κ2) is 7.45. The van der Waals surface area contributed by atoms with Crippen LogP contribution in [0, 0.1) is 0 Å². The van der Waals surface area contributed by atoms with Gasteiger partial charge in [-0.3, -0.25) is 14.7 Å². The Morgan fingerprint density at radius 1 is 1.29 bits per heavy atom. The fraction of sp³-hybridized carbons (Fsp3) is 0.368. The Bertz CT molecular complexity index is 690. The van der Waals surface area contributed by atoms with Crippen LogP contribution >= 0.6 is 0 Å². The van der Waals surface area contributed by atoms with Crippen molar-refractivity contribution in [2.75, 3.05) is 13.7 Å². The summed E-state index contributed by atoms with van der Waals surface area (Å²) < 4.78 is 5.35. The van der Waals surface area contributed by atoms with E-state index >= 15 is 0 Å². The van der Waals surface area contributed by atoms with Crippen LogP contribution in [0.25, 0.3) is 0 Å². The van der Waals surface area contributed by atoms with Crippen molar-refractivity contribution >= 4 is 5.97 Å². The minimum atomic E-state index is -0.758. The maximum atomic E-state index is 11.8. The van der Waals surface area contributed by atoms with Crippen LogP contribution in [0.5, 0.6) is 5.75 Å². The van der Waals surface area contributed by atoms with E-state index in [0.29, 0.717) is 6.42 Å². The third-order valence-electron chi connectivity index (χ3n) is 4.57. The number of ether oxygens (including phenoxy) is 1. The number of aliphatic carboxylic acids is 1. The molecule has 1 saturated heterocycles. The van der Waals surface area contributed by atoms with Crippen molar-refractivity contribution in [2.24, 2.45) is 0 Å². The van der Waals surface area contributed by atoms with Crippen molar-refractivity contribution in [2.45, 2.75) is 31.3 Å². The predicted octanol–water partition coefficient (Wildman–Crippen LogP) is 3.12. The Morgan fingerprint density at radius 3 is 2.83 bits per heavy atom. The predicted molar refractivity (Wildman–Crippen MR) is 91.1 cm³/mol. The van der Waals surface area contributed by atoms with E-state index in [9.17, 15) is 9.90 Å². The van der Waals surface area contributed by atoms with Crippen molar-refractivity contribution in [1.82, 2.24) is 9.88 Å². The Morgan fingerprint density at radius 2 is 2.12 bits per heavy atom. The van der Waals surface area contributed by atoms with E-state index < -0.39 is 12.0 Å². The van der Waals surface area contributed by atoms with Crippen LogP contribution in [-0.2, 0) is 4.79 Å². The third kappa shape index (κ3) is 3.41. The Balaban J connectivity index is 2.06. The number of methoxy groups -OCH3 is 1. The molecule has 5 heteroatoms. The van der Waals surface area contributed by atoms with Gasteiger partial charge in [0.1, 0.15) is 11.8 Å². The molecule has 1 fully saturated rings. The van der Waals surface area contributed by atoms with Crippen LogP contribution < -0.4 is 4.74 Å². The summed E-state index contributed by atoms with van der Waals surface area (Å²) in [5.41, 5.74) is 2.02. The minimum absolute atomic E-state index is 0.143. The quantitative estimate of drug-likeness (QED) is 0.914. The molecule has 1 aromatic heterocycles. The lowest BCUT2D eigenvalue weighted by molar-refractivity contribution is -0.145. The molecule has 3 rings (SSSR count). The van der Waals surface area contributed by atoms with Crippen LogP contribution in [0.4, 0.5) is 0 Å². The molecule has 24 heavy (non-hydrogen) atoms. The highest BCUT2D eigenvalue weighted by Crippen LogP contribution is 2.35. The van der Waals surface area contributed by atoms with Crippen LogP contribution in [0.15, 0.2) is 48.8 Å². The first-order valence-electron chi connectivity index (χ1n) is 8.23.